The third kappa shape index (κ3) is 4.11. The van der Waals surface area contributed by atoms with Crippen LogP contribution in [0.3, 0.4) is 0 Å². The first kappa shape index (κ1) is 20.5. The second kappa shape index (κ2) is 7.99. The Morgan fingerprint density at radius 1 is 1.03 bits per heavy atom. The molecule has 1 heterocycles. The summed E-state index contributed by atoms with van der Waals surface area (Å²) < 4.78 is 16.2. The highest BCUT2D eigenvalue weighted by atomic mass is 16.6. The summed E-state index contributed by atoms with van der Waals surface area (Å²) in [7, 11) is 1.57. The van der Waals surface area contributed by atoms with E-state index in [1.165, 1.54) is 6.92 Å². The highest BCUT2D eigenvalue weighted by Crippen LogP contribution is 2.29. The maximum absolute atomic E-state index is 12.6. The Balaban J connectivity index is 1.76. The third-order valence-electron chi connectivity index (χ3n) is 4.91. The van der Waals surface area contributed by atoms with E-state index in [4.69, 9.17) is 13.9 Å². The standard InChI is InChI=1S/C23H25NO5/c1-12-9-13(2)20(14(3)10-12)24-22(25)16(5)28-23(26)21-15(4)18-11-17(27-6)7-8-19(18)29-21/h7-11,16H,1-6H3,(H,24,25)/t16-/m1/s1. The molecule has 152 valence electrons. The summed E-state index contributed by atoms with van der Waals surface area (Å²) in [6, 6.07) is 9.26. The number of esters is 1. The monoisotopic (exact) mass is 395 g/mol. The van der Waals surface area contributed by atoms with E-state index < -0.39 is 18.0 Å². The minimum atomic E-state index is -0.982. The topological polar surface area (TPSA) is 77.8 Å². The molecule has 0 aliphatic rings. The first-order valence-electron chi connectivity index (χ1n) is 9.38. The lowest BCUT2D eigenvalue weighted by Gasteiger charge is -2.16. The van der Waals surface area contributed by atoms with Crippen molar-refractivity contribution < 1.29 is 23.5 Å². The van der Waals surface area contributed by atoms with Gasteiger partial charge in [0.1, 0.15) is 11.3 Å². The average molecular weight is 395 g/mol. The van der Waals surface area contributed by atoms with Gasteiger partial charge in [-0.3, -0.25) is 4.79 Å². The van der Waals surface area contributed by atoms with Gasteiger partial charge in [0.15, 0.2) is 6.10 Å². The number of carbonyl (C=O) groups excluding carboxylic acids is 2. The van der Waals surface area contributed by atoms with Crippen LogP contribution in [0.2, 0.25) is 0 Å². The smallest absolute Gasteiger partial charge is 0.375 e. The van der Waals surface area contributed by atoms with E-state index in [0.29, 0.717) is 16.9 Å². The fraction of sp³-hybridized carbons (Fsp3) is 0.304. The van der Waals surface area contributed by atoms with Crippen LogP contribution in [0.25, 0.3) is 11.0 Å². The maximum atomic E-state index is 12.6. The van der Waals surface area contributed by atoms with Crippen molar-refractivity contribution in [2.45, 2.75) is 40.7 Å². The van der Waals surface area contributed by atoms with Crippen molar-refractivity contribution in [3.8, 4) is 5.75 Å². The number of fused-ring (bicyclic) bond motifs is 1. The second-order valence-electron chi connectivity index (χ2n) is 7.23. The quantitative estimate of drug-likeness (QED) is 0.624. The molecule has 1 amide bonds. The molecule has 0 bridgehead atoms. The first-order chi connectivity index (χ1) is 13.7. The van der Waals surface area contributed by atoms with Crippen molar-refractivity contribution in [1.82, 2.24) is 0 Å². The van der Waals surface area contributed by atoms with Crippen LogP contribution in [0.5, 0.6) is 5.75 Å². The largest absolute Gasteiger partial charge is 0.497 e. The van der Waals surface area contributed by atoms with Gasteiger partial charge >= 0.3 is 5.97 Å². The summed E-state index contributed by atoms with van der Waals surface area (Å²) in [4.78, 5) is 25.2. The number of ether oxygens (including phenoxy) is 2. The lowest BCUT2D eigenvalue weighted by molar-refractivity contribution is -0.123. The molecule has 3 rings (SSSR count). The molecule has 6 heteroatoms. The minimum Gasteiger partial charge on any atom is -0.497 e. The molecular weight excluding hydrogens is 370 g/mol. The number of anilines is 1. The molecule has 1 atom stereocenters. The van der Waals surface area contributed by atoms with Crippen LogP contribution >= 0.6 is 0 Å². The average Bonchev–Trinajstić information content (AvgIpc) is 3.00. The Bertz CT molecular complexity index is 1070. The SMILES string of the molecule is COc1ccc2oc(C(=O)O[C@H](C)C(=O)Nc3c(C)cc(C)cc3C)c(C)c2c1. The van der Waals surface area contributed by atoms with E-state index in [1.807, 2.05) is 32.9 Å². The molecule has 0 saturated heterocycles. The van der Waals surface area contributed by atoms with E-state index in [0.717, 1.165) is 27.8 Å². The van der Waals surface area contributed by atoms with Crippen LogP contribution in [0.4, 0.5) is 5.69 Å². The number of hydrogen-bond acceptors (Lipinski definition) is 5. The van der Waals surface area contributed by atoms with Gasteiger partial charge in [0.05, 0.1) is 7.11 Å². The predicted molar refractivity (Wildman–Crippen MR) is 112 cm³/mol. The van der Waals surface area contributed by atoms with Gasteiger partial charge in [0.2, 0.25) is 5.76 Å². The molecule has 0 aliphatic carbocycles. The minimum absolute atomic E-state index is 0.0793. The van der Waals surface area contributed by atoms with E-state index in [-0.39, 0.29) is 5.76 Å². The number of amides is 1. The number of benzene rings is 2. The Morgan fingerprint density at radius 3 is 2.31 bits per heavy atom. The van der Waals surface area contributed by atoms with Crippen molar-refractivity contribution in [1.29, 1.82) is 0 Å². The Hall–Kier alpha value is -3.28. The van der Waals surface area contributed by atoms with Crippen molar-refractivity contribution in [2.75, 3.05) is 12.4 Å². The van der Waals surface area contributed by atoms with Gasteiger partial charge in [-0.2, -0.15) is 0 Å². The lowest BCUT2D eigenvalue weighted by Crippen LogP contribution is -2.30. The number of nitrogens with one attached hydrogen (secondary N) is 1. The number of carbonyl (C=O) groups is 2. The number of aryl methyl sites for hydroxylation is 4. The zero-order chi connectivity index (χ0) is 21.3. The summed E-state index contributed by atoms with van der Waals surface area (Å²) in [6.07, 6.45) is -0.982. The van der Waals surface area contributed by atoms with Crippen molar-refractivity contribution in [3.63, 3.8) is 0 Å². The number of furan rings is 1. The fourth-order valence-electron chi connectivity index (χ4n) is 3.39. The number of rotatable bonds is 5. The van der Waals surface area contributed by atoms with Crippen molar-refractivity contribution in [3.05, 3.63) is 58.3 Å². The van der Waals surface area contributed by atoms with Crippen LogP contribution in [-0.2, 0) is 9.53 Å². The van der Waals surface area contributed by atoms with Gasteiger partial charge in [-0.1, -0.05) is 17.7 Å². The molecule has 1 aromatic heterocycles. The summed E-state index contributed by atoms with van der Waals surface area (Å²) in [5.41, 5.74) is 4.96. The molecule has 0 fully saturated rings. The molecule has 29 heavy (non-hydrogen) atoms. The predicted octanol–water partition coefficient (Wildman–Crippen LogP) is 4.86. The molecule has 0 radical (unpaired) electrons. The van der Waals surface area contributed by atoms with Gasteiger partial charge in [0.25, 0.3) is 5.91 Å². The molecule has 1 N–H and O–H groups in total. The Labute approximate surface area is 169 Å². The zero-order valence-electron chi connectivity index (χ0n) is 17.5. The maximum Gasteiger partial charge on any atom is 0.375 e. The molecule has 2 aromatic carbocycles. The zero-order valence-corrected chi connectivity index (χ0v) is 17.5. The van der Waals surface area contributed by atoms with Gasteiger partial charge in [-0.15, -0.1) is 0 Å². The number of hydrogen-bond donors (Lipinski definition) is 1. The number of methoxy groups -OCH3 is 1. The van der Waals surface area contributed by atoms with E-state index in [2.05, 4.69) is 5.32 Å². The lowest BCUT2D eigenvalue weighted by atomic mass is 10.0. The van der Waals surface area contributed by atoms with Crippen molar-refractivity contribution in [2.24, 2.45) is 0 Å². The molecule has 6 nitrogen and oxygen atoms in total. The summed E-state index contributed by atoms with van der Waals surface area (Å²) in [6.45, 7) is 9.16. The van der Waals surface area contributed by atoms with Gasteiger partial charge < -0.3 is 19.2 Å². The highest BCUT2D eigenvalue weighted by Gasteiger charge is 2.25. The molecular formula is C23H25NO5. The Morgan fingerprint density at radius 2 is 1.69 bits per heavy atom. The van der Waals surface area contributed by atoms with Crippen LogP contribution in [0.1, 0.15) is 39.7 Å². The summed E-state index contributed by atoms with van der Waals surface area (Å²) in [5.74, 6) is -0.338. The van der Waals surface area contributed by atoms with Gasteiger partial charge in [-0.25, -0.2) is 4.79 Å². The summed E-state index contributed by atoms with van der Waals surface area (Å²) >= 11 is 0. The molecule has 0 saturated carbocycles. The second-order valence-corrected chi connectivity index (χ2v) is 7.23. The first-order valence-corrected chi connectivity index (χ1v) is 9.38. The van der Waals surface area contributed by atoms with Crippen LogP contribution in [0, 0.1) is 27.7 Å². The van der Waals surface area contributed by atoms with E-state index in [9.17, 15) is 9.59 Å². The van der Waals surface area contributed by atoms with Gasteiger partial charge in [-0.05, 0) is 63.9 Å². The summed E-state index contributed by atoms with van der Waals surface area (Å²) in [5, 5.41) is 3.62. The van der Waals surface area contributed by atoms with E-state index in [1.54, 1.807) is 32.2 Å². The van der Waals surface area contributed by atoms with Crippen LogP contribution in [-0.4, -0.2) is 25.1 Å². The highest BCUT2D eigenvalue weighted by molar-refractivity contribution is 6.00. The normalized spacial score (nSPS) is 11.9. The molecule has 0 unspecified atom stereocenters. The fourth-order valence-corrected chi connectivity index (χ4v) is 3.39. The molecule has 3 aromatic rings. The third-order valence-corrected chi connectivity index (χ3v) is 4.91. The molecule has 0 aliphatic heterocycles. The van der Waals surface area contributed by atoms with Crippen molar-refractivity contribution >= 4 is 28.5 Å². The van der Waals surface area contributed by atoms with E-state index >= 15 is 0 Å². The van der Waals surface area contributed by atoms with Gasteiger partial charge in [0, 0.05) is 16.6 Å². The molecule has 0 spiro atoms. The van der Waals surface area contributed by atoms with Crippen LogP contribution < -0.4 is 10.1 Å². The Kier molecular flexibility index (Phi) is 5.64. The van der Waals surface area contributed by atoms with Crippen LogP contribution in [0.15, 0.2) is 34.7 Å².